The van der Waals surface area contributed by atoms with Crippen molar-refractivity contribution in [2.45, 2.75) is 25.3 Å². The molecule has 0 saturated carbocycles. The number of fused-ring (bicyclic) bond motifs is 7. The Kier molecular flexibility index (Phi) is 2.45. The molecule has 24 heavy (non-hydrogen) atoms. The SMILES string of the molecule is CC(=O)N1CCCC12c1ccccc1-c1[nH]c(=O)c3nccn3c12. The Balaban J connectivity index is 1.99. The number of likely N-dealkylation sites (tertiary alicyclic amines) is 1. The van der Waals surface area contributed by atoms with Crippen LogP contribution in [0, 0.1) is 0 Å². The van der Waals surface area contributed by atoms with E-state index in [0.29, 0.717) is 5.65 Å². The van der Waals surface area contributed by atoms with Gasteiger partial charge in [0.25, 0.3) is 5.56 Å². The van der Waals surface area contributed by atoms with Gasteiger partial charge in [0.15, 0.2) is 0 Å². The van der Waals surface area contributed by atoms with Gasteiger partial charge in [0.1, 0.15) is 5.54 Å². The van der Waals surface area contributed by atoms with Crippen molar-refractivity contribution in [3.05, 3.63) is 58.3 Å². The largest absolute Gasteiger partial charge is 0.327 e. The molecule has 1 aliphatic carbocycles. The lowest BCUT2D eigenvalue weighted by atomic mass is 9.87. The average Bonchev–Trinajstić information content (AvgIpc) is 3.27. The zero-order chi connectivity index (χ0) is 16.5. The zero-order valence-corrected chi connectivity index (χ0v) is 13.2. The van der Waals surface area contributed by atoms with Crippen LogP contribution < -0.4 is 5.56 Å². The fraction of sp³-hybridized carbons (Fsp3) is 0.278. The molecule has 1 fully saturated rings. The van der Waals surface area contributed by atoms with E-state index >= 15 is 0 Å². The number of carbonyl (C=O) groups is 1. The van der Waals surface area contributed by atoms with Crippen LogP contribution in [0.1, 0.15) is 31.0 Å². The van der Waals surface area contributed by atoms with Gasteiger partial charge in [-0.05, 0) is 18.4 Å². The summed E-state index contributed by atoms with van der Waals surface area (Å²) in [4.78, 5) is 34.0. The second-order valence-corrected chi connectivity index (χ2v) is 6.48. The molecule has 0 radical (unpaired) electrons. The van der Waals surface area contributed by atoms with E-state index in [9.17, 15) is 9.59 Å². The summed E-state index contributed by atoms with van der Waals surface area (Å²) < 4.78 is 1.86. The number of hydrogen-bond donors (Lipinski definition) is 1. The highest BCUT2D eigenvalue weighted by molar-refractivity contribution is 5.83. The second-order valence-electron chi connectivity index (χ2n) is 6.48. The molecule has 1 aromatic carbocycles. The quantitative estimate of drug-likeness (QED) is 0.687. The molecule has 120 valence electrons. The molecule has 5 rings (SSSR count). The Labute approximate surface area is 137 Å². The molecule has 1 unspecified atom stereocenters. The Bertz CT molecular complexity index is 1060. The number of aromatic amines is 1. The van der Waals surface area contributed by atoms with Crippen LogP contribution in [0.5, 0.6) is 0 Å². The summed E-state index contributed by atoms with van der Waals surface area (Å²) in [6.45, 7) is 2.34. The van der Waals surface area contributed by atoms with E-state index in [-0.39, 0.29) is 11.5 Å². The molecule has 3 heterocycles. The number of hydrogen-bond acceptors (Lipinski definition) is 3. The van der Waals surface area contributed by atoms with Crippen molar-refractivity contribution < 1.29 is 4.79 Å². The second kappa shape index (κ2) is 4.35. The number of carbonyl (C=O) groups excluding carboxylic acids is 1. The molecule has 1 spiro atoms. The van der Waals surface area contributed by atoms with Crippen molar-refractivity contribution in [2.75, 3.05) is 6.54 Å². The average molecular weight is 320 g/mol. The third-order valence-corrected chi connectivity index (χ3v) is 5.35. The maximum atomic E-state index is 12.4. The minimum Gasteiger partial charge on any atom is -0.327 e. The molecular weight excluding hydrogens is 304 g/mol. The summed E-state index contributed by atoms with van der Waals surface area (Å²) in [6.07, 6.45) is 5.22. The summed E-state index contributed by atoms with van der Waals surface area (Å²) in [5, 5.41) is 0. The van der Waals surface area contributed by atoms with E-state index in [1.165, 1.54) is 0 Å². The Morgan fingerprint density at radius 1 is 1.33 bits per heavy atom. The first-order chi connectivity index (χ1) is 11.6. The smallest absolute Gasteiger partial charge is 0.292 e. The van der Waals surface area contributed by atoms with Gasteiger partial charge in [-0.2, -0.15) is 0 Å². The van der Waals surface area contributed by atoms with Gasteiger partial charge in [-0.1, -0.05) is 24.3 Å². The summed E-state index contributed by atoms with van der Waals surface area (Å²) in [6, 6.07) is 8.04. The number of nitrogens with zero attached hydrogens (tertiary/aromatic N) is 3. The highest BCUT2D eigenvalue weighted by Crippen LogP contribution is 2.54. The van der Waals surface area contributed by atoms with E-state index in [1.54, 1.807) is 13.1 Å². The first-order valence-corrected chi connectivity index (χ1v) is 8.12. The number of aromatic nitrogens is 3. The fourth-order valence-corrected chi connectivity index (χ4v) is 4.56. The van der Waals surface area contributed by atoms with Crippen LogP contribution in [0.15, 0.2) is 41.5 Å². The first kappa shape index (κ1) is 13.5. The van der Waals surface area contributed by atoms with Crippen LogP contribution in [0.25, 0.3) is 16.9 Å². The summed E-state index contributed by atoms with van der Waals surface area (Å²) in [5.74, 6) is 0.0506. The van der Waals surface area contributed by atoms with E-state index in [1.807, 2.05) is 33.7 Å². The van der Waals surface area contributed by atoms with Gasteiger partial charge < -0.3 is 9.88 Å². The molecule has 2 aromatic heterocycles. The Morgan fingerprint density at radius 2 is 2.17 bits per heavy atom. The van der Waals surface area contributed by atoms with E-state index in [4.69, 9.17) is 0 Å². The fourth-order valence-electron chi connectivity index (χ4n) is 4.56. The maximum absolute atomic E-state index is 12.4. The van der Waals surface area contributed by atoms with Gasteiger partial charge in [-0.25, -0.2) is 4.98 Å². The van der Waals surface area contributed by atoms with Crippen LogP contribution in [0.3, 0.4) is 0 Å². The van der Waals surface area contributed by atoms with Crippen molar-refractivity contribution in [2.24, 2.45) is 0 Å². The molecule has 6 nitrogen and oxygen atoms in total. The number of benzene rings is 1. The topological polar surface area (TPSA) is 70.5 Å². The van der Waals surface area contributed by atoms with E-state index in [0.717, 1.165) is 41.9 Å². The predicted octanol–water partition coefficient (Wildman–Crippen LogP) is 1.89. The first-order valence-electron chi connectivity index (χ1n) is 8.12. The molecule has 3 aromatic rings. The number of H-pyrrole nitrogens is 1. The third kappa shape index (κ3) is 1.39. The van der Waals surface area contributed by atoms with Crippen LogP contribution in [0.2, 0.25) is 0 Å². The van der Waals surface area contributed by atoms with Crippen molar-refractivity contribution >= 4 is 11.6 Å². The number of imidazole rings is 1. The van der Waals surface area contributed by atoms with Gasteiger partial charge in [0, 0.05) is 31.4 Å². The predicted molar refractivity (Wildman–Crippen MR) is 88.6 cm³/mol. The minimum atomic E-state index is -0.527. The number of nitrogens with one attached hydrogen (secondary N) is 1. The standard InChI is InChI=1S/C18H16N4O2/c1-11(23)22-9-4-7-18(22)13-6-3-2-5-12(13)14-15(18)21-10-8-19-16(21)17(24)20-14/h2-3,5-6,8,10H,4,7,9H2,1H3,(H,20,24). The summed E-state index contributed by atoms with van der Waals surface area (Å²) >= 11 is 0. The molecule has 1 aliphatic heterocycles. The molecule has 1 N–H and O–H groups in total. The third-order valence-electron chi connectivity index (χ3n) is 5.35. The molecule has 1 amide bonds. The van der Waals surface area contributed by atoms with Crippen molar-refractivity contribution in [3.63, 3.8) is 0 Å². The minimum absolute atomic E-state index is 0.0506. The lowest BCUT2D eigenvalue weighted by Crippen LogP contribution is -2.45. The monoisotopic (exact) mass is 320 g/mol. The van der Waals surface area contributed by atoms with Crippen molar-refractivity contribution in [1.82, 2.24) is 19.3 Å². The van der Waals surface area contributed by atoms with E-state index < -0.39 is 5.54 Å². The van der Waals surface area contributed by atoms with Crippen LogP contribution in [-0.2, 0) is 10.3 Å². The van der Waals surface area contributed by atoms with E-state index in [2.05, 4.69) is 16.0 Å². The highest BCUT2D eigenvalue weighted by Gasteiger charge is 2.53. The van der Waals surface area contributed by atoms with Gasteiger partial charge in [-0.3, -0.25) is 14.0 Å². The van der Waals surface area contributed by atoms with Gasteiger partial charge in [0.05, 0.1) is 11.4 Å². The highest BCUT2D eigenvalue weighted by atomic mass is 16.2. The molecule has 2 aliphatic rings. The van der Waals surface area contributed by atoms with Gasteiger partial charge >= 0.3 is 0 Å². The Morgan fingerprint density at radius 3 is 3.00 bits per heavy atom. The number of amides is 1. The Hall–Kier alpha value is -2.89. The molecule has 1 saturated heterocycles. The van der Waals surface area contributed by atoms with Gasteiger partial charge in [0.2, 0.25) is 11.6 Å². The molecule has 1 atom stereocenters. The lowest BCUT2D eigenvalue weighted by molar-refractivity contribution is -0.132. The van der Waals surface area contributed by atoms with Crippen molar-refractivity contribution in [3.8, 4) is 11.3 Å². The molecule has 0 bridgehead atoms. The van der Waals surface area contributed by atoms with Crippen LogP contribution in [-0.4, -0.2) is 31.7 Å². The normalized spacial score (nSPS) is 21.5. The van der Waals surface area contributed by atoms with Gasteiger partial charge in [-0.15, -0.1) is 0 Å². The summed E-state index contributed by atoms with van der Waals surface area (Å²) in [7, 11) is 0. The zero-order valence-electron chi connectivity index (χ0n) is 13.2. The lowest BCUT2D eigenvalue weighted by Gasteiger charge is -2.36. The number of rotatable bonds is 0. The van der Waals surface area contributed by atoms with Crippen LogP contribution in [0.4, 0.5) is 0 Å². The molecule has 6 heteroatoms. The summed E-state index contributed by atoms with van der Waals surface area (Å²) in [5.41, 5.74) is 3.46. The van der Waals surface area contributed by atoms with Crippen molar-refractivity contribution in [1.29, 1.82) is 0 Å². The van der Waals surface area contributed by atoms with Crippen LogP contribution >= 0.6 is 0 Å². The molecular formula is C18H16N4O2. The maximum Gasteiger partial charge on any atom is 0.292 e.